The first-order chi connectivity index (χ1) is 12.3. The number of nitrogens with one attached hydrogen (secondary N) is 1. The fourth-order valence-electron chi connectivity index (χ4n) is 3.43. The van der Waals surface area contributed by atoms with Crippen LogP contribution in [-0.4, -0.2) is 49.7 Å². The summed E-state index contributed by atoms with van der Waals surface area (Å²) in [5.41, 5.74) is 1.33. The molecule has 1 N–H and O–H groups in total. The minimum absolute atomic E-state index is 0.174. The number of hydrogen-bond donors (Lipinski definition) is 1. The summed E-state index contributed by atoms with van der Waals surface area (Å²) in [7, 11) is -3.58. The van der Waals surface area contributed by atoms with E-state index in [9.17, 15) is 18.0 Å². The first-order valence-electron chi connectivity index (χ1n) is 9.02. The van der Waals surface area contributed by atoms with Gasteiger partial charge in [-0.1, -0.05) is 13.8 Å². The van der Waals surface area contributed by atoms with Crippen LogP contribution in [0.15, 0.2) is 23.1 Å². The Balaban J connectivity index is 1.93. The minimum atomic E-state index is -3.58. The second-order valence-corrected chi connectivity index (χ2v) is 8.71. The van der Waals surface area contributed by atoms with Gasteiger partial charge in [0.1, 0.15) is 6.04 Å². The average Bonchev–Trinajstić information content (AvgIpc) is 3.31. The molecular formula is C18H25N3O4S. The molecule has 1 aromatic carbocycles. The number of carbonyl (C=O) groups excluding carboxylic acids is 2. The van der Waals surface area contributed by atoms with E-state index in [2.05, 4.69) is 5.32 Å². The van der Waals surface area contributed by atoms with Gasteiger partial charge in [-0.05, 0) is 36.6 Å². The number of nitrogens with zero attached hydrogens (tertiary/aromatic N) is 2. The monoisotopic (exact) mass is 379 g/mol. The van der Waals surface area contributed by atoms with Crippen LogP contribution >= 0.6 is 0 Å². The maximum absolute atomic E-state index is 12.7. The molecule has 2 aliphatic rings. The van der Waals surface area contributed by atoms with Crippen molar-refractivity contribution in [2.24, 2.45) is 0 Å². The third-order valence-corrected chi connectivity index (χ3v) is 6.99. The lowest BCUT2D eigenvalue weighted by Crippen LogP contribution is -2.47. The number of amides is 2. The Hall–Kier alpha value is -1.93. The predicted octanol–water partition coefficient (Wildman–Crippen LogP) is 1.27. The summed E-state index contributed by atoms with van der Waals surface area (Å²) in [4.78, 5) is 26.3. The zero-order valence-electron chi connectivity index (χ0n) is 15.4. The first kappa shape index (κ1) is 18.8. The largest absolute Gasteiger partial charge is 0.352 e. The van der Waals surface area contributed by atoms with E-state index < -0.39 is 16.1 Å². The first-order valence-corrected chi connectivity index (χ1v) is 10.5. The highest BCUT2D eigenvalue weighted by atomic mass is 32.2. The van der Waals surface area contributed by atoms with E-state index in [4.69, 9.17) is 0 Å². The zero-order valence-corrected chi connectivity index (χ0v) is 16.2. The quantitative estimate of drug-likeness (QED) is 0.806. The molecule has 1 fully saturated rings. The van der Waals surface area contributed by atoms with Crippen LogP contribution in [0, 0.1) is 0 Å². The van der Waals surface area contributed by atoms with Crippen LogP contribution in [0.1, 0.15) is 39.2 Å². The number of carbonyl (C=O) groups is 2. The van der Waals surface area contributed by atoms with E-state index in [1.54, 1.807) is 26.0 Å². The van der Waals surface area contributed by atoms with Crippen LogP contribution in [0.4, 0.5) is 5.69 Å². The van der Waals surface area contributed by atoms with Crippen molar-refractivity contribution >= 4 is 27.5 Å². The fourth-order valence-corrected chi connectivity index (χ4v) is 4.93. The lowest BCUT2D eigenvalue weighted by atomic mass is 10.1. The van der Waals surface area contributed by atoms with Crippen LogP contribution in [0.2, 0.25) is 0 Å². The van der Waals surface area contributed by atoms with Gasteiger partial charge in [0.15, 0.2) is 0 Å². The van der Waals surface area contributed by atoms with Gasteiger partial charge >= 0.3 is 0 Å². The van der Waals surface area contributed by atoms with Gasteiger partial charge in [-0.15, -0.1) is 0 Å². The summed E-state index contributed by atoms with van der Waals surface area (Å²) >= 11 is 0. The summed E-state index contributed by atoms with van der Waals surface area (Å²) in [6, 6.07) is 4.35. The molecular weight excluding hydrogens is 354 g/mol. The molecule has 1 aromatic rings. The van der Waals surface area contributed by atoms with Crippen molar-refractivity contribution in [2.45, 2.75) is 57.0 Å². The van der Waals surface area contributed by atoms with E-state index in [0.29, 0.717) is 30.8 Å². The summed E-state index contributed by atoms with van der Waals surface area (Å²) in [6.07, 6.45) is 2.27. The molecule has 0 aromatic heterocycles. The molecule has 1 heterocycles. The molecule has 0 saturated heterocycles. The molecule has 8 heteroatoms. The Kier molecular flexibility index (Phi) is 5.07. The number of fused-ring (bicyclic) bond motifs is 1. The summed E-state index contributed by atoms with van der Waals surface area (Å²) < 4.78 is 26.9. The van der Waals surface area contributed by atoms with Crippen LogP contribution < -0.4 is 10.2 Å². The van der Waals surface area contributed by atoms with Crippen molar-refractivity contribution in [1.29, 1.82) is 0 Å². The molecule has 2 amide bonds. The van der Waals surface area contributed by atoms with Crippen molar-refractivity contribution in [1.82, 2.24) is 9.62 Å². The second-order valence-electron chi connectivity index (χ2n) is 6.77. The van der Waals surface area contributed by atoms with Gasteiger partial charge in [-0.25, -0.2) is 8.42 Å². The standard InChI is InChI=1S/C18H25N3O4S/c1-4-20(5-2)26(24,25)15-8-9-16-13(10-15)11-17(21(16)12(3)22)18(23)19-14-6-7-14/h8-10,14,17H,4-7,11H2,1-3H3,(H,19,23). The Morgan fingerprint density at radius 1 is 1.23 bits per heavy atom. The molecule has 0 bridgehead atoms. The Bertz CT molecular complexity index is 829. The topological polar surface area (TPSA) is 86.8 Å². The van der Waals surface area contributed by atoms with Gasteiger partial charge in [-0.3, -0.25) is 14.5 Å². The average molecular weight is 379 g/mol. The second kappa shape index (κ2) is 7.00. The summed E-state index contributed by atoms with van der Waals surface area (Å²) in [5, 5.41) is 2.94. The maximum Gasteiger partial charge on any atom is 0.243 e. The van der Waals surface area contributed by atoms with Crippen molar-refractivity contribution < 1.29 is 18.0 Å². The molecule has 1 aliphatic carbocycles. The van der Waals surface area contributed by atoms with E-state index in [0.717, 1.165) is 12.8 Å². The number of benzene rings is 1. The SMILES string of the molecule is CCN(CC)S(=O)(=O)c1ccc2c(c1)CC(C(=O)NC1CC1)N2C(C)=O. The molecule has 26 heavy (non-hydrogen) atoms. The highest BCUT2D eigenvalue weighted by Crippen LogP contribution is 2.35. The van der Waals surface area contributed by atoms with Crippen molar-refractivity contribution in [3.8, 4) is 0 Å². The lowest BCUT2D eigenvalue weighted by Gasteiger charge is -2.23. The third kappa shape index (κ3) is 3.35. The fraction of sp³-hybridized carbons (Fsp3) is 0.556. The van der Waals surface area contributed by atoms with Gasteiger partial charge in [0, 0.05) is 38.2 Å². The third-order valence-electron chi connectivity index (χ3n) is 4.94. The van der Waals surface area contributed by atoms with Crippen LogP contribution in [0.5, 0.6) is 0 Å². The number of sulfonamides is 1. The van der Waals surface area contributed by atoms with Gasteiger partial charge in [0.25, 0.3) is 0 Å². The van der Waals surface area contributed by atoms with E-state index >= 15 is 0 Å². The smallest absolute Gasteiger partial charge is 0.243 e. The minimum Gasteiger partial charge on any atom is -0.352 e. The van der Waals surface area contributed by atoms with Gasteiger partial charge in [0.05, 0.1) is 4.90 Å². The highest BCUT2D eigenvalue weighted by Gasteiger charge is 2.39. The molecule has 7 nitrogen and oxygen atoms in total. The van der Waals surface area contributed by atoms with Crippen molar-refractivity contribution in [3.63, 3.8) is 0 Å². The number of anilines is 1. The summed E-state index contributed by atoms with van der Waals surface area (Å²) in [5.74, 6) is -0.397. The Morgan fingerprint density at radius 3 is 2.42 bits per heavy atom. The van der Waals surface area contributed by atoms with Crippen LogP contribution in [0.25, 0.3) is 0 Å². The number of rotatable bonds is 6. The normalized spacial score (nSPS) is 19.5. The van der Waals surface area contributed by atoms with Gasteiger partial charge in [0.2, 0.25) is 21.8 Å². The molecule has 3 rings (SSSR count). The molecule has 142 valence electrons. The maximum atomic E-state index is 12.7. The van der Waals surface area contributed by atoms with E-state index in [1.807, 2.05) is 0 Å². The van der Waals surface area contributed by atoms with Crippen LogP contribution in [0.3, 0.4) is 0 Å². The molecule has 1 aliphatic heterocycles. The van der Waals surface area contributed by atoms with Gasteiger partial charge in [-0.2, -0.15) is 4.31 Å². The van der Waals surface area contributed by atoms with E-state index in [-0.39, 0.29) is 22.8 Å². The predicted molar refractivity (Wildman–Crippen MR) is 98.4 cm³/mol. The van der Waals surface area contributed by atoms with Gasteiger partial charge < -0.3 is 5.32 Å². The number of hydrogen-bond acceptors (Lipinski definition) is 4. The molecule has 1 unspecified atom stereocenters. The van der Waals surface area contributed by atoms with Crippen molar-refractivity contribution in [2.75, 3.05) is 18.0 Å². The Morgan fingerprint density at radius 2 is 1.88 bits per heavy atom. The molecule has 1 saturated carbocycles. The molecule has 1 atom stereocenters. The molecule has 0 spiro atoms. The van der Waals surface area contributed by atoms with Crippen LogP contribution in [-0.2, 0) is 26.0 Å². The zero-order chi connectivity index (χ0) is 19.1. The lowest BCUT2D eigenvalue weighted by molar-refractivity contribution is -0.125. The Labute approximate surface area is 154 Å². The molecule has 0 radical (unpaired) electrons. The van der Waals surface area contributed by atoms with Crippen molar-refractivity contribution in [3.05, 3.63) is 23.8 Å². The van der Waals surface area contributed by atoms with E-state index in [1.165, 1.54) is 22.2 Å². The summed E-state index contributed by atoms with van der Waals surface area (Å²) in [6.45, 7) is 5.80. The highest BCUT2D eigenvalue weighted by molar-refractivity contribution is 7.89.